The first-order valence-corrected chi connectivity index (χ1v) is 12.3. The van der Waals surface area contributed by atoms with Crippen molar-refractivity contribution < 1.29 is 0 Å². The van der Waals surface area contributed by atoms with E-state index in [1.165, 1.54) is 38.3 Å². The van der Waals surface area contributed by atoms with Gasteiger partial charge in [0.25, 0.3) is 0 Å². The molecule has 1 saturated carbocycles. The minimum atomic E-state index is -2.01. The average Bonchev–Trinajstić information content (AvgIpc) is 2.75. The average molecular weight is 360 g/mol. The van der Waals surface area contributed by atoms with Crippen molar-refractivity contribution in [2.75, 3.05) is 6.16 Å². The summed E-state index contributed by atoms with van der Waals surface area (Å²) in [5.41, 5.74) is 0. The van der Waals surface area contributed by atoms with Crippen LogP contribution >= 0.6 is 7.26 Å². The Hall–Kier alpha value is -1.91. The van der Waals surface area contributed by atoms with E-state index < -0.39 is 7.26 Å². The second-order valence-electron chi connectivity index (χ2n) is 7.71. The second kappa shape index (κ2) is 8.19. The van der Waals surface area contributed by atoms with Crippen LogP contribution in [0.5, 0.6) is 0 Å². The molecule has 1 aliphatic carbocycles. The normalized spacial score (nSPS) is 16.3. The molecule has 0 amide bonds. The van der Waals surface area contributed by atoms with Gasteiger partial charge in [0.2, 0.25) is 0 Å². The Morgan fingerprint density at radius 3 is 1.31 bits per heavy atom. The van der Waals surface area contributed by atoms with Crippen molar-refractivity contribution in [3.63, 3.8) is 0 Å². The van der Waals surface area contributed by atoms with Crippen LogP contribution in [0, 0.1) is 5.92 Å². The molecule has 1 aliphatic rings. The molecule has 4 rings (SSSR count). The summed E-state index contributed by atoms with van der Waals surface area (Å²) < 4.78 is 0. The maximum atomic E-state index is 2.38. The molecule has 0 spiro atoms. The van der Waals surface area contributed by atoms with Gasteiger partial charge >= 0.3 is 158 Å². The van der Waals surface area contributed by atoms with Gasteiger partial charge in [0, 0.05) is 0 Å². The Kier molecular flexibility index (Phi) is 5.51. The zero-order chi connectivity index (χ0) is 17.7. The monoisotopic (exact) mass is 360 g/mol. The Morgan fingerprint density at radius 1 is 0.538 bits per heavy atom. The van der Waals surface area contributed by atoms with Gasteiger partial charge in [0.05, 0.1) is 0 Å². The molecule has 0 unspecified atom stereocenters. The van der Waals surface area contributed by atoms with Crippen molar-refractivity contribution in [1.29, 1.82) is 0 Å². The fourth-order valence-electron chi connectivity index (χ4n) is 4.85. The third-order valence-corrected chi connectivity index (χ3v) is 11.3. The third kappa shape index (κ3) is 3.49. The van der Waals surface area contributed by atoms with Crippen LogP contribution in [0.4, 0.5) is 0 Å². The van der Waals surface area contributed by atoms with Crippen LogP contribution in [-0.2, 0) is 0 Å². The van der Waals surface area contributed by atoms with Crippen molar-refractivity contribution in [1.82, 2.24) is 0 Å². The molecule has 0 saturated heterocycles. The van der Waals surface area contributed by atoms with E-state index in [0.29, 0.717) is 0 Å². The minimum absolute atomic E-state index is 0.857. The summed E-state index contributed by atoms with van der Waals surface area (Å²) in [4.78, 5) is 0. The van der Waals surface area contributed by atoms with E-state index in [0.717, 1.165) is 5.92 Å². The quantitative estimate of drug-likeness (QED) is 0.542. The SMILES string of the molecule is c1ccc([PH](CC2CCCCC2)(c2ccccc2)c2ccccc2)cc1. The number of benzene rings is 3. The fourth-order valence-corrected chi connectivity index (χ4v) is 10.1. The first kappa shape index (κ1) is 17.5. The van der Waals surface area contributed by atoms with Crippen LogP contribution in [0.2, 0.25) is 0 Å². The van der Waals surface area contributed by atoms with Gasteiger partial charge in [-0.3, -0.25) is 0 Å². The predicted molar refractivity (Wildman–Crippen MR) is 118 cm³/mol. The van der Waals surface area contributed by atoms with Crippen LogP contribution in [-0.4, -0.2) is 6.16 Å². The van der Waals surface area contributed by atoms with Gasteiger partial charge in [-0.05, 0) is 0 Å². The topological polar surface area (TPSA) is 0 Å². The van der Waals surface area contributed by atoms with Crippen molar-refractivity contribution in [2.45, 2.75) is 32.1 Å². The van der Waals surface area contributed by atoms with Crippen molar-refractivity contribution in [3.05, 3.63) is 91.0 Å². The zero-order valence-corrected chi connectivity index (χ0v) is 16.5. The van der Waals surface area contributed by atoms with E-state index in [1.807, 2.05) is 0 Å². The Balaban J connectivity index is 1.90. The molecule has 134 valence electrons. The maximum absolute atomic E-state index is 2.38. The third-order valence-electron chi connectivity index (χ3n) is 6.12. The Bertz CT molecular complexity index is 693. The fraction of sp³-hybridized carbons (Fsp3) is 0.280. The summed E-state index contributed by atoms with van der Waals surface area (Å²) in [6.07, 6.45) is 8.39. The molecule has 3 aromatic carbocycles. The summed E-state index contributed by atoms with van der Waals surface area (Å²) in [5, 5.41) is 4.67. The summed E-state index contributed by atoms with van der Waals surface area (Å²) >= 11 is 0. The van der Waals surface area contributed by atoms with Crippen LogP contribution in [0.1, 0.15) is 32.1 Å². The standard InChI is InChI=1S/C25H29P/c1-5-13-22(14-6-1)21-26(23-15-7-2-8-16-23,24-17-9-3-10-18-24)25-19-11-4-12-20-25/h2-4,7-12,15-20,22,26H,1,5-6,13-14,21H2. The van der Waals surface area contributed by atoms with E-state index in [1.54, 1.807) is 15.9 Å². The molecular formula is C25H29P. The molecule has 1 heteroatoms. The van der Waals surface area contributed by atoms with Crippen molar-refractivity contribution in [2.24, 2.45) is 5.92 Å². The van der Waals surface area contributed by atoms with E-state index in [-0.39, 0.29) is 0 Å². The van der Waals surface area contributed by atoms with Crippen LogP contribution in [0.15, 0.2) is 91.0 Å². The van der Waals surface area contributed by atoms with E-state index in [2.05, 4.69) is 91.0 Å². The molecular weight excluding hydrogens is 331 g/mol. The molecule has 26 heavy (non-hydrogen) atoms. The molecule has 0 nitrogen and oxygen atoms in total. The predicted octanol–water partition coefficient (Wildman–Crippen LogP) is 5.29. The van der Waals surface area contributed by atoms with Crippen LogP contribution in [0.3, 0.4) is 0 Å². The summed E-state index contributed by atoms with van der Waals surface area (Å²) in [6, 6.07) is 34.1. The molecule has 0 N–H and O–H groups in total. The summed E-state index contributed by atoms with van der Waals surface area (Å²) in [5.74, 6) is 0.857. The van der Waals surface area contributed by atoms with Crippen LogP contribution < -0.4 is 15.9 Å². The molecule has 0 aliphatic heterocycles. The first-order valence-electron chi connectivity index (χ1n) is 10.1. The number of hydrogen-bond acceptors (Lipinski definition) is 0. The van der Waals surface area contributed by atoms with Gasteiger partial charge in [-0.15, -0.1) is 0 Å². The van der Waals surface area contributed by atoms with E-state index in [4.69, 9.17) is 0 Å². The van der Waals surface area contributed by atoms with Gasteiger partial charge in [-0.1, -0.05) is 0 Å². The summed E-state index contributed by atoms with van der Waals surface area (Å²) in [6.45, 7) is 0. The summed E-state index contributed by atoms with van der Waals surface area (Å²) in [7, 11) is -2.01. The van der Waals surface area contributed by atoms with Crippen molar-refractivity contribution in [3.8, 4) is 0 Å². The zero-order valence-electron chi connectivity index (χ0n) is 15.5. The molecule has 0 aromatic heterocycles. The molecule has 0 radical (unpaired) electrons. The molecule has 3 aromatic rings. The van der Waals surface area contributed by atoms with Gasteiger partial charge in [0.1, 0.15) is 0 Å². The van der Waals surface area contributed by atoms with E-state index in [9.17, 15) is 0 Å². The Labute approximate surface area is 158 Å². The molecule has 1 fully saturated rings. The molecule has 0 heterocycles. The van der Waals surface area contributed by atoms with Gasteiger partial charge in [-0.25, -0.2) is 0 Å². The van der Waals surface area contributed by atoms with E-state index >= 15 is 0 Å². The first-order chi connectivity index (χ1) is 12.9. The Morgan fingerprint density at radius 2 is 0.923 bits per heavy atom. The van der Waals surface area contributed by atoms with Crippen LogP contribution in [0.25, 0.3) is 0 Å². The number of hydrogen-bond donors (Lipinski definition) is 0. The number of rotatable bonds is 5. The van der Waals surface area contributed by atoms with Crippen molar-refractivity contribution >= 4 is 23.2 Å². The van der Waals surface area contributed by atoms with Gasteiger partial charge in [0.15, 0.2) is 0 Å². The van der Waals surface area contributed by atoms with Gasteiger partial charge < -0.3 is 0 Å². The van der Waals surface area contributed by atoms with Gasteiger partial charge in [-0.2, -0.15) is 0 Å². The molecule has 0 atom stereocenters. The second-order valence-corrected chi connectivity index (χ2v) is 11.7. The molecule has 0 bridgehead atoms.